The number of likely N-dealkylation sites (tertiary alicyclic amines) is 1. The zero-order chi connectivity index (χ0) is 17.2. The highest BCUT2D eigenvalue weighted by Crippen LogP contribution is 2.30. The van der Waals surface area contributed by atoms with Gasteiger partial charge in [0, 0.05) is 11.6 Å². The Morgan fingerprint density at radius 2 is 2.24 bits per heavy atom. The van der Waals surface area contributed by atoms with Crippen LogP contribution in [-0.2, 0) is 6.54 Å². The van der Waals surface area contributed by atoms with E-state index in [0.29, 0.717) is 17.8 Å². The first-order valence-corrected chi connectivity index (χ1v) is 8.69. The van der Waals surface area contributed by atoms with Crippen LogP contribution in [0.4, 0.5) is 0 Å². The lowest BCUT2D eigenvalue weighted by Crippen LogP contribution is -2.35. The van der Waals surface area contributed by atoms with E-state index >= 15 is 0 Å². The molecule has 0 saturated carbocycles. The number of aromatic nitrogens is 5. The summed E-state index contributed by atoms with van der Waals surface area (Å²) in [5.74, 6) is 1.25. The second-order valence-electron chi connectivity index (χ2n) is 6.64. The predicted molar refractivity (Wildman–Crippen MR) is 92.6 cm³/mol. The van der Waals surface area contributed by atoms with Gasteiger partial charge in [-0.3, -0.25) is 9.58 Å². The Bertz CT molecular complexity index is 828. The van der Waals surface area contributed by atoms with Crippen molar-refractivity contribution < 1.29 is 4.42 Å². The smallest absolute Gasteiger partial charge is 0.247 e. The van der Waals surface area contributed by atoms with E-state index in [1.165, 1.54) is 12.0 Å². The monoisotopic (exact) mass is 338 g/mol. The highest BCUT2D eigenvalue weighted by molar-refractivity contribution is 5.53. The third-order valence-electron chi connectivity index (χ3n) is 4.85. The molecule has 130 valence electrons. The van der Waals surface area contributed by atoms with Gasteiger partial charge in [-0.2, -0.15) is 5.10 Å². The Kier molecular flexibility index (Phi) is 4.31. The van der Waals surface area contributed by atoms with Crippen molar-refractivity contribution >= 4 is 0 Å². The largest absolute Gasteiger partial charge is 0.419 e. The summed E-state index contributed by atoms with van der Waals surface area (Å²) < 4.78 is 7.87. The maximum Gasteiger partial charge on any atom is 0.247 e. The molecule has 1 aliphatic rings. The molecule has 1 aromatic carbocycles. The molecule has 0 spiro atoms. The Labute approximate surface area is 146 Å². The summed E-state index contributed by atoms with van der Waals surface area (Å²) in [7, 11) is 0. The van der Waals surface area contributed by atoms with Crippen LogP contribution < -0.4 is 0 Å². The molecule has 0 N–H and O–H groups in total. The van der Waals surface area contributed by atoms with E-state index in [9.17, 15) is 0 Å². The van der Waals surface area contributed by atoms with Gasteiger partial charge in [0.25, 0.3) is 0 Å². The molecule has 0 aliphatic carbocycles. The third kappa shape index (κ3) is 3.32. The summed E-state index contributed by atoms with van der Waals surface area (Å²) in [6, 6.07) is 8.62. The van der Waals surface area contributed by atoms with Crippen LogP contribution in [0.1, 0.15) is 37.3 Å². The van der Waals surface area contributed by atoms with Gasteiger partial charge >= 0.3 is 0 Å². The molecule has 2 aromatic heterocycles. The first-order chi connectivity index (χ1) is 12.2. The lowest BCUT2D eigenvalue weighted by Gasteiger charge is -2.28. The Balaban J connectivity index is 1.51. The maximum atomic E-state index is 5.98. The zero-order valence-electron chi connectivity index (χ0n) is 14.5. The number of benzene rings is 1. The highest BCUT2D eigenvalue weighted by Gasteiger charge is 2.32. The Morgan fingerprint density at radius 1 is 1.32 bits per heavy atom. The van der Waals surface area contributed by atoms with Crippen LogP contribution in [0.25, 0.3) is 11.5 Å². The summed E-state index contributed by atoms with van der Waals surface area (Å²) in [6.45, 7) is 6.06. The molecule has 3 heterocycles. The fourth-order valence-corrected chi connectivity index (χ4v) is 3.55. The maximum absolute atomic E-state index is 5.98. The van der Waals surface area contributed by atoms with Gasteiger partial charge in [0.15, 0.2) is 0 Å². The van der Waals surface area contributed by atoms with Gasteiger partial charge in [-0.25, -0.2) is 4.98 Å². The number of aryl methyl sites for hydroxylation is 1. The van der Waals surface area contributed by atoms with Crippen molar-refractivity contribution in [3.63, 3.8) is 0 Å². The normalized spacial score (nSPS) is 19.4. The van der Waals surface area contributed by atoms with Crippen molar-refractivity contribution in [1.82, 2.24) is 29.9 Å². The van der Waals surface area contributed by atoms with Crippen molar-refractivity contribution in [3.8, 4) is 11.5 Å². The minimum Gasteiger partial charge on any atom is -0.419 e. The first-order valence-electron chi connectivity index (χ1n) is 8.69. The molecule has 1 aliphatic heterocycles. The van der Waals surface area contributed by atoms with Crippen molar-refractivity contribution in [2.75, 3.05) is 6.54 Å². The summed E-state index contributed by atoms with van der Waals surface area (Å²) in [4.78, 5) is 6.45. The van der Waals surface area contributed by atoms with Gasteiger partial charge in [-0.05, 0) is 45.4 Å². The van der Waals surface area contributed by atoms with Crippen LogP contribution in [0.5, 0.6) is 0 Å². The van der Waals surface area contributed by atoms with Crippen molar-refractivity contribution in [1.29, 1.82) is 0 Å². The number of hydrogen-bond donors (Lipinski definition) is 0. The first kappa shape index (κ1) is 16.0. The van der Waals surface area contributed by atoms with Gasteiger partial charge < -0.3 is 4.42 Å². The highest BCUT2D eigenvalue weighted by atomic mass is 16.4. The minimum absolute atomic E-state index is 0.0853. The quantitative estimate of drug-likeness (QED) is 0.712. The SMILES string of the molecule is Cc1cccc(-c2nnc([C@@H](C)N3CCC[C@@H]3Cn3cncn3)o2)c1. The molecule has 1 fully saturated rings. The molecule has 1 saturated heterocycles. The zero-order valence-corrected chi connectivity index (χ0v) is 14.5. The Hall–Kier alpha value is -2.54. The van der Waals surface area contributed by atoms with E-state index in [1.54, 1.807) is 12.7 Å². The molecule has 7 heteroatoms. The average Bonchev–Trinajstić information content (AvgIpc) is 3.36. The molecule has 25 heavy (non-hydrogen) atoms. The molecule has 0 amide bonds. The minimum atomic E-state index is 0.0853. The lowest BCUT2D eigenvalue weighted by atomic mass is 10.1. The predicted octanol–water partition coefficient (Wildman–Crippen LogP) is 2.86. The van der Waals surface area contributed by atoms with E-state index in [-0.39, 0.29) is 6.04 Å². The number of rotatable bonds is 5. The van der Waals surface area contributed by atoms with Gasteiger partial charge in [0.05, 0.1) is 12.6 Å². The molecular formula is C18H22N6O. The molecule has 2 atom stereocenters. The van der Waals surface area contributed by atoms with Crippen LogP contribution in [-0.4, -0.2) is 42.4 Å². The van der Waals surface area contributed by atoms with E-state index in [4.69, 9.17) is 4.42 Å². The van der Waals surface area contributed by atoms with Crippen LogP contribution in [0.3, 0.4) is 0 Å². The van der Waals surface area contributed by atoms with Crippen molar-refractivity contribution in [2.24, 2.45) is 0 Å². The van der Waals surface area contributed by atoms with Gasteiger partial charge in [-0.1, -0.05) is 17.7 Å². The fourth-order valence-electron chi connectivity index (χ4n) is 3.55. The van der Waals surface area contributed by atoms with E-state index < -0.39 is 0 Å². The number of nitrogens with zero attached hydrogens (tertiary/aromatic N) is 6. The number of hydrogen-bond acceptors (Lipinski definition) is 6. The second-order valence-corrected chi connectivity index (χ2v) is 6.64. The van der Waals surface area contributed by atoms with Gasteiger partial charge in [0.2, 0.25) is 11.8 Å². The summed E-state index contributed by atoms with van der Waals surface area (Å²) in [5, 5.41) is 12.8. The van der Waals surface area contributed by atoms with E-state index in [2.05, 4.69) is 51.2 Å². The third-order valence-corrected chi connectivity index (χ3v) is 4.85. The lowest BCUT2D eigenvalue weighted by molar-refractivity contribution is 0.152. The second kappa shape index (κ2) is 6.76. The molecule has 0 radical (unpaired) electrons. The van der Waals surface area contributed by atoms with Crippen LogP contribution in [0.2, 0.25) is 0 Å². The van der Waals surface area contributed by atoms with Crippen LogP contribution >= 0.6 is 0 Å². The summed E-state index contributed by atoms with van der Waals surface area (Å²) >= 11 is 0. The van der Waals surface area contributed by atoms with Crippen molar-refractivity contribution in [3.05, 3.63) is 48.4 Å². The average molecular weight is 338 g/mol. The summed E-state index contributed by atoms with van der Waals surface area (Å²) in [6.07, 6.45) is 5.66. The van der Waals surface area contributed by atoms with Gasteiger partial charge in [-0.15, -0.1) is 10.2 Å². The molecule has 0 unspecified atom stereocenters. The van der Waals surface area contributed by atoms with Crippen LogP contribution in [0.15, 0.2) is 41.3 Å². The standard InChI is InChI=1S/C18H22N6O/c1-13-5-3-6-15(9-13)18-22-21-17(25-18)14(2)24-8-4-7-16(24)10-23-12-19-11-20-23/h3,5-6,9,11-12,14,16H,4,7-8,10H2,1-2H3/t14-,16-/m1/s1. The van der Waals surface area contributed by atoms with E-state index in [1.807, 2.05) is 16.8 Å². The van der Waals surface area contributed by atoms with E-state index in [0.717, 1.165) is 25.1 Å². The van der Waals surface area contributed by atoms with Gasteiger partial charge in [0.1, 0.15) is 12.7 Å². The van der Waals surface area contributed by atoms with Crippen LogP contribution in [0, 0.1) is 6.92 Å². The fraction of sp³-hybridized carbons (Fsp3) is 0.444. The summed E-state index contributed by atoms with van der Waals surface area (Å²) in [5.41, 5.74) is 2.14. The molecule has 0 bridgehead atoms. The van der Waals surface area contributed by atoms with Crippen molar-refractivity contribution in [2.45, 2.75) is 45.3 Å². The topological polar surface area (TPSA) is 72.9 Å². The Morgan fingerprint density at radius 3 is 3.04 bits per heavy atom. The molecule has 3 aromatic rings. The molecule has 4 rings (SSSR count). The molecular weight excluding hydrogens is 316 g/mol. The molecule has 7 nitrogen and oxygen atoms in total.